The first-order chi connectivity index (χ1) is 17.2. The standard InChI is InChI=1S/C29H24NO5/c1-32-25-10-9-20-14-24-22-16-27-26(34-18-35-27)15-21(22)11-12-30(24)17-23(20)28(25)29(31)33-13-5-8-19-6-3-2-4-7-19/h2-10,14-17H,11-13,18H2,1H3/q+1/b8-5+. The number of ether oxygens (including phenoxy) is 4. The first kappa shape index (κ1) is 21.2. The summed E-state index contributed by atoms with van der Waals surface area (Å²) < 4.78 is 24.5. The molecule has 0 amide bonds. The van der Waals surface area contributed by atoms with Gasteiger partial charge in [0.25, 0.3) is 0 Å². The van der Waals surface area contributed by atoms with Crippen molar-refractivity contribution in [3.05, 3.63) is 89.6 Å². The Bertz CT molecular complexity index is 1480. The maximum Gasteiger partial charge on any atom is 0.343 e. The molecular weight excluding hydrogens is 442 g/mol. The van der Waals surface area contributed by atoms with E-state index in [0.29, 0.717) is 11.3 Å². The summed E-state index contributed by atoms with van der Waals surface area (Å²) in [5, 5.41) is 1.74. The van der Waals surface area contributed by atoms with Crippen molar-refractivity contribution in [3.8, 4) is 28.5 Å². The van der Waals surface area contributed by atoms with Gasteiger partial charge in [-0.2, -0.15) is 4.57 Å². The van der Waals surface area contributed by atoms with Crippen molar-refractivity contribution in [3.63, 3.8) is 0 Å². The van der Waals surface area contributed by atoms with Crippen molar-refractivity contribution in [2.45, 2.75) is 13.0 Å². The quantitative estimate of drug-likeness (QED) is 0.307. The minimum atomic E-state index is -0.412. The number of benzene rings is 3. The van der Waals surface area contributed by atoms with E-state index in [9.17, 15) is 4.79 Å². The molecule has 0 saturated carbocycles. The van der Waals surface area contributed by atoms with Gasteiger partial charge in [-0.25, -0.2) is 4.79 Å². The van der Waals surface area contributed by atoms with Crippen LogP contribution in [0.15, 0.2) is 72.9 Å². The van der Waals surface area contributed by atoms with Crippen LogP contribution in [0.2, 0.25) is 0 Å². The van der Waals surface area contributed by atoms with Crippen LogP contribution in [0.3, 0.4) is 0 Å². The van der Waals surface area contributed by atoms with E-state index in [0.717, 1.165) is 52.1 Å². The molecule has 1 aromatic heterocycles. The number of pyridine rings is 1. The van der Waals surface area contributed by atoms with Gasteiger partial charge in [0, 0.05) is 12.5 Å². The Kier molecular flexibility index (Phi) is 5.34. The first-order valence-electron chi connectivity index (χ1n) is 11.6. The second-order valence-electron chi connectivity index (χ2n) is 8.52. The van der Waals surface area contributed by atoms with Crippen LogP contribution in [0.5, 0.6) is 17.2 Å². The van der Waals surface area contributed by atoms with E-state index in [-0.39, 0.29) is 13.4 Å². The largest absolute Gasteiger partial charge is 0.496 e. The van der Waals surface area contributed by atoms with E-state index in [1.165, 1.54) is 5.56 Å². The van der Waals surface area contributed by atoms with E-state index < -0.39 is 5.97 Å². The van der Waals surface area contributed by atoms with Gasteiger partial charge in [0.05, 0.1) is 18.1 Å². The number of aromatic nitrogens is 1. The highest BCUT2D eigenvalue weighted by Gasteiger charge is 2.29. The Morgan fingerprint density at radius 2 is 1.89 bits per heavy atom. The molecule has 0 spiro atoms. The lowest BCUT2D eigenvalue weighted by atomic mass is 9.94. The van der Waals surface area contributed by atoms with E-state index in [2.05, 4.69) is 16.7 Å². The van der Waals surface area contributed by atoms with E-state index >= 15 is 0 Å². The maximum atomic E-state index is 13.2. The molecule has 35 heavy (non-hydrogen) atoms. The van der Waals surface area contributed by atoms with Crippen molar-refractivity contribution < 1.29 is 28.3 Å². The Hall–Kier alpha value is -4.32. The molecular formula is C29H24NO5+. The summed E-state index contributed by atoms with van der Waals surface area (Å²) in [7, 11) is 1.57. The summed E-state index contributed by atoms with van der Waals surface area (Å²) in [6, 6.07) is 19.9. The van der Waals surface area contributed by atoms with Gasteiger partial charge in [-0.05, 0) is 40.8 Å². The van der Waals surface area contributed by atoms with Crippen molar-refractivity contribution in [1.82, 2.24) is 0 Å². The number of hydrogen-bond acceptors (Lipinski definition) is 5. The molecule has 0 aliphatic carbocycles. The van der Waals surface area contributed by atoms with Crippen molar-refractivity contribution >= 4 is 22.8 Å². The van der Waals surface area contributed by atoms with Crippen molar-refractivity contribution in [2.75, 3.05) is 20.5 Å². The van der Waals surface area contributed by atoms with Gasteiger partial charge in [-0.15, -0.1) is 0 Å². The third-order valence-electron chi connectivity index (χ3n) is 6.47. The monoisotopic (exact) mass is 466 g/mol. The van der Waals surface area contributed by atoms with E-state index in [1.807, 2.05) is 66.9 Å². The number of methoxy groups -OCH3 is 1. The molecule has 0 N–H and O–H groups in total. The molecule has 2 aliphatic rings. The van der Waals surface area contributed by atoms with Crippen molar-refractivity contribution in [2.24, 2.45) is 0 Å². The van der Waals surface area contributed by atoms with E-state index in [1.54, 1.807) is 7.11 Å². The molecule has 0 radical (unpaired) electrons. The highest BCUT2D eigenvalue weighted by atomic mass is 16.7. The average molecular weight is 467 g/mol. The summed E-state index contributed by atoms with van der Waals surface area (Å²) in [4.78, 5) is 13.2. The molecule has 174 valence electrons. The lowest BCUT2D eigenvalue weighted by Crippen LogP contribution is -2.40. The summed E-state index contributed by atoms with van der Waals surface area (Å²) in [5.74, 6) is 1.65. The number of hydrogen-bond donors (Lipinski definition) is 0. The zero-order valence-corrected chi connectivity index (χ0v) is 19.3. The molecule has 3 aromatic carbocycles. The normalized spacial score (nSPS) is 13.5. The zero-order valence-electron chi connectivity index (χ0n) is 19.3. The van der Waals surface area contributed by atoms with Crippen LogP contribution in [0, 0.1) is 0 Å². The van der Waals surface area contributed by atoms with Gasteiger partial charge >= 0.3 is 5.97 Å². The van der Waals surface area contributed by atoms with Crippen LogP contribution in [-0.4, -0.2) is 26.5 Å². The molecule has 6 nitrogen and oxygen atoms in total. The minimum absolute atomic E-state index is 0.173. The number of rotatable bonds is 5. The maximum absolute atomic E-state index is 13.2. The van der Waals surface area contributed by atoms with Gasteiger partial charge in [0.1, 0.15) is 17.9 Å². The topological polar surface area (TPSA) is 57.9 Å². The molecule has 6 rings (SSSR count). The summed E-state index contributed by atoms with van der Waals surface area (Å²) >= 11 is 0. The molecule has 0 bridgehead atoms. The van der Waals surface area contributed by atoms with Crippen LogP contribution in [-0.2, 0) is 17.7 Å². The lowest BCUT2D eigenvalue weighted by molar-refractivity contribution is -0.686. The third kappa shape index (κ3) is 3.87. The second-order valence-corrected chi connectivity index (χ2v) is 8.52. The predicted octanol–water partition coefficient (Wildman–Crippen LogP) is 4.96. The predicted molar refractivity (Wildman–Crippen MR) is 132 cm³/mol. The van der Waals surface area contributed by atoms with Crippen LogP contribution in [0.4, 0.5) is 0 Å². The molecule has 0 atom stereocenters. The van der Waals surface area contributed by atoms with E-state index in [4.69, 9.17) is 18.9 Å². The third-order valence-corrected chi connectivity index (χ3v) is 6.47. The van der Waals surface area contributed by atoms with Crippen LogP contribution < -0.4 is 18.8 Å². The van der Waals surface area contributed by atoms with Crippen LogP contribution in [0.1, 0.15) is 21.5 Å². The molecule has 2 aliphatic heterocycles. The number of nitrogens with zero attached hydrogens (tertiary/aromatic N) is 1. The fourth-order valence-corrected chi connectivity index (χ4v) is 4.75. The molecule has 4 aromatic rings. The van der Waals surface area contributed by atoms with Gasteiger partial charge < -0.3 is 18.9 Å². The van der Waals surface area contributed by atoms with Gasteiger partial charge in [-0.3, -0.25) is 0 Å². The zero-order chi connectivity index (χ0) is 23.8. The minimum Gasteiger partial charge on any atom is -0.496 e. The molecule has 6 heteroatoms. The summed E-state index contributed by atoms with van der Waals surface area (Å²) in [6.45, 7) is 1.22. The Morgan fingerprint density at radius 1 is 1.06 bits per heavy atom. The first-order valence-corrected chi connectivity index (χ1v) is 11.6. The Labute approximate surface area is 202 Å². The highest BCUT2D eigenvalue weighted by Crippen LogP contribution is 2.40. The highest BCUT2D eigenvalue weighted by molar-refractivity contribution is 6.07. The van der Waals surface area contributed by atoms with Gasteiger partial charge in [0.2, 0.25) is 12.5 Å². The Balaban J connectivity index is 1.35. The lowest BCUT2D eigenvalue weighted by Gasteiger charge is -2.17. The average Bonchev–Trinajstić information content (AvgIpc) is 3.36. The number of carbonyl (C=O) groups excluding carboxylic acids is 1. The van der Waals surface area contributed by atoms with Gasteiger partial charge in [-0.1, -0.05) is 42.5 Å². The number of fused-ring (bicyclic) bond motifs is 5. The molecule has 0 unspecified atom stereocenters. The summed E-state index contributed by atoms with van der Waals surface area (Å²) in [6.07, 6.45) is 6.66. The SMILES string of the molecule is COc1ccc2cc3[n+](cc2c1C(=O)OC/C=C/c1ccccc1)CCc1cc2c(cc1-3)OCO2. The Morgan fingerprint density at radius 3 is 2.71 bits per heavy atom. The fraction of sp³-hybridized carbons (Fsp3) is 0.172. The molecule has 0 fully saturated rings. The van der Waals surface area contributed by atoms with Crippen LogP contribution in [0.25, 0.3) is 28.1 Å². The number of carbonyl (C=O) groups is 1. The molecule has 3 heterocycles. The van der Waals surface area contributed by atoms with Crippen LogP contribution >= 0.6 is 0 Å². The number of esters is 1. The smallest absolute Gasteiger partial charge is 0.343 e. The second kappa shape index (κ2) is 8.80. The van der Waals surface area contributed by atoms with Gasteiger partial charge in [0.15, 0.2) is 24.2 Å². The van der Waals surface area contributed by atoms with Crippen molar-refractivity contribution in [1.29, 1.82) is 0 Å². The summed E-state index contributed by atoms with van der Waals surface area (Å²) in [5.41, 5.74) is 4.91. The number of aryl methyl sites for hydroxylation is 2. The fourth-order valence-electron chi connectivity index (χ4n) is 4.75. The molecule has 0 saturated heterocycles.